The van der Waals surface area contributed by atoms with Gasteiger partial charge in [0.1, 0.15) is 7.85 Å². The maximum Gasteiger partial charge on any atom is 0.110 e. The minimum Gasteiger partial charge on any atom is -0.0658 e. The summed E-state index contributed by atoms with van der Waals surface area (Å²) in [6, 6.07) is 34.2. The van der Waals surface area contributed by atoms with Gasteiger partial charge in [-0.2, -0.15) is 0 Å². The highest BCUT2D eigenvalue weighted by Gasteiger charge is 2.14. The second kappa shape index (κ2) is 9.67. The number of hydrogen-bond donors (Lipinski definition) is 0. The minimum atomic E-state index is 0.155. The zero-order valence-electron chi connectivity index (χ0n) is 21.8. The van der Waals surface area contributed by atoms with Crippen molar-refractivity contribution in [2.45, 2.75) is 58.7 Å². The average molecular weight is 444 g/mol. The van der Waals surface area contributed by atoms with E-state index >= 15 is 0 Å². The van der Waals surface area contributed by atoms with Crippen molar-refractivity contribution in [1.82, 2.24) is 0 Å². The molecule has 0 fully saturated rings. The second-order valence-electron chi connectivity index (χ2n) is 11.2. The van der Waals surface area contributed by atoms with Gasteiger partial charge in [-0.05, 0) is 79.9 Å². The Bertz CT molecular complexity index is 1170. The molecule has 0 heterocycles. The molecular weight excluding hydrogens is 407 g/mol. The highest BCUT2D eigenvalue weighted by atomic mass is 14.2. The van der Waals surface area contributed by atoms with Crippen LogP contribution in [0.3, 0.4) is 0 Å². The predicted octanol–water partition coefficient (Wildman–Crippen LogP) is 8.80. The van der Waals surface area contributed by atoms with Gasteiger partial charge < -0.3 is 0 Å². The van der Waals surface area contributed by atoms with Crippen LogP contribution in [-0.2, 0) is 5.41 Å². The highest BCUT2D eigenvalue weighted by Crippen LogP contribution is 2.35. The Morgan fingerprint density at radius 2 is 0.853 bits per heavy atom. The van der Waals surface area contributed by atoms with Crippen LogP contribution in [0.2, 0.25) is 0 Å². The van der Waals surface area contributed by atoms with Crippen LogP contribution < -0.4 is 0 Å². The Labute approximate surface area is 207 Å². The lowest BCUT2D eigenvalue weighted by Crippen LogP contribution is -2.10. The maximum absolute atomic E-state index is 2.34. The molecule has 34 heavy (non-hydrogen) atoms. The molecule has 4 aromatic carbocycles. The standard InChI is InChI=1S/C33H37B/c1-22(2)24-7-11-26(12-8-24)29-19-30(27-13-9-25(10-14-27)23(3)34)21-31(20-29)28-15-17-32(18-16-28)33(4,5)6/h7-23H,34H2,1-6H3. The van der Waals surface area contributed by atoms with Gasteiger partial charge in [-0.3, -0.25) is 0 Å². The number of hydrogen-bond acceptors (Lipinski definition) is 0. The van der Waals surface area contributed by atoms with Gasteiger partial charge >= 0.3 is 0 Å². The van der Waals surface area contributed by atoms with E-state index in [-0.39, 0.29) is 5.41 Å². The van der Waals surface area contributed by atoms with Crippen LogP contribution in [0.1, 0.15) is 70.0 Å². The molecule has 1 unspecified atom stereocenters. The van der Waals surface area contributed by atoms with Crippen molar-refractivity contribution in [3.8, 4) is 33.4 Å². The van der Waals surface area contributed by atoms with E-state index in [1.54, 1.807) is 0 Å². The molecular formula is C33H37B. The summed E-state index contributed by atoms with van der Waals surface area (Å²) in [5.41, 5.74) is 11.8. The fourth-order valence-corrected chi connectivity index (χ4v) is 4.41. The van der Waals surface area contributed by atoms with E-state index in [2.05, 4.69) is 140 Å². The van der Waals surface area contributed by atoms with E-state index in [4.69, 9.17) is 0 Å². The van der Waals surface area contributed by atoms with E-state index < -0.39 is 0 Å². The molecule has 0 saturated heterocycles. The second-order valence-corrected chi connectivity index (χ2v) is 11.2. The summed E-state index contributed by atoms with van der Waals surface area (Å²) in [7, 11) is 2.25. The van der Waals surface area contributed by atoms with Crippen LogP contribution in [0.4, 0.5) is 0 Å². The van der Waals surface area contributed by atoms with Crippen molar-refractivity contribution in [2.75, 3.05) is 0 Å². The van der Waals surface area contributed by atoms with Crippen molar-refractivity contribution in [1.29, 1.82) is 0 Å². The van der Waals surface area contributed by atoms with E-state index in [0.717, 1.165) is 0 Å². The van der Waals surface area contributed by atoms with Gasteiger partial charge in [0.25, 0.3) is 0 Å². The molecule has 0 aliphatic carbocycles. The Morgan fingerprint density at radius 3 is 1.18 bits per heavy atom. The highest BCUT2D eigenvalue weighted by molar-refractivity contribution is 6.12. The van der Waals surface area contributed by atoms with Crippen molar-refractivity contribution in [3.63, 3.8) is 0 Å². The third-order valence-electron chi connectivity index (χ3n) is 6.84. The molecule has 0 nitrogen and oxygen atoms in total. The first-order chi connectivity index (χ1) is 16.1. The summed E-state index contributed by atoms with van der Waals surface area (Å²) in [4.78, 5) is 0. The summed E-state index contributed by atoms with van der Waals surface area (Å²) < 4.78 is 0. The molecule has 172 valence electrons. The fourth-order valence-electron chi connectivity index (χ4n) is 4.41. The lowest BCUT2D eigenvalue weighted by molar-refractivity contribution is 0.590. The van der Waals surface area contributed by atoms with Crippen LogP contribution in [0, 0.1) is 0 Å². The Hall–Kier alpha value is -3.06. The van der Waals surface area contributed by atoms with Crippen LogP contribution in [0.15, 0.2) is 91.0 Å². The normalized spacial score (nSPS) is 12.7. The lowest BCUT2D eigenvalue weighted by atomic mass is 9.82. The lowest BCUT2D eigenvalue weighted by Gasteiger charge is -2.19. The average Bonchev–Trinajstić information content (AvgIpc) is 2.83. The zero-order chi connectivity index (χ0) is 24.5. The van der Waals surface area contributed by atoms with Gasteiger partial charge in [0.15, 0.2) is 0 Å². The SMILES string of the molecule is BC(C)c1ccc(-c2cc(-c3ccc(C(C)C)cc3)cc(-c3ccc(C(C)(C)C)cc3)c2)cc1. The molecule has 0 bridgehead atoms. The van der Waals surface area contributed by atoms with Gasteiger partial charge in [0.05, 0.1) is 0 Å². The largest absolute Gasteiger partial charge is 0.110 e. The molecule has 0 N–H and O–H groups in total. The van der Waals surface area contributed by atoms with Crippen LogP contribution in [-0.4, -0.2) is 7.85 Å². The Morgan fingerprint density at radius 1 is 0.500 bits per heavy atom. The molecule has 1 atom stereocenters. The Kier molecular flexibility index (Phi) is 6.85. The van der Waals surface area contributed by atoms with Crippen molar-refractivity contribution < 1.29 is 0 Å². The minimum absolute atomic E-state index is 0.155. The first-order valence-corrected chi connectivity index (χ1v) is 12.6. The molecule has 0 aliphatic rings. The first-order valence-electron chi connectivity index (χ1n) is 12.6. The molecule has 0 saturated carbocycles. The van der Waals surface area contributed by atoms with Crippen LogP contribution in [0.25, 0.3) is 33.4 Å². The van der Waals surface area contributed by atoms with Gasteiger partial charge in [-0.15, -0.1) is 0 Å². The fraction of sp³-hybridized carbons (Fsp3) is 0.273. The molecule has 0 aromatic heterocycles. The van der Waals surface area contributed by atoms with Crippen molar-refractivity contribution in [3.05, 3.63) is 108 Å². The Balaban J connectivity index is 1.82. The quantitative estimate of drug-likeness (QED) is 0.270. The summed E-state index contributed by atoms with van der Waals surface area (Å²) in [6.45, 7) is 13.5. The molecule has 4 rings (SSSR count). The molecule has 0 radical (unpaired) electrons. The monoisotopic (exact) mass is 444 g/mol. The predicted molar refractivity (Wildman–Crippen MR) is 152 cm³/mol. The van der Waals surface area contributed by atoms with E-state index in [9.17, 15) is 0 Å². The summed E-state index contributed by atoms with van der Waals surface area (Å²) in [5, 5.41) is 0. The number of rotatable bonds is 5. The van der Waals surface area contributed by atoms with Crippen LogP contribution in [0.5, 0.6) is 0 Å². The van der Waals surface area contributed by atoms with Gasteiger partial charge in [-0.1, -0.05) is 120 Å². The summed E-state index contributed by atoms with van der Waals surface area (Å²) >= 11 is 0. The molecule has 4 aromatic rings. The third kappa shape index (κ3) is 5.36. The smallest absolute Gasteiger partial charge is 0.0658 e. The van der Waals surface area contributed by atoms with E-state index in [0.29, 0.717) is 11.7 Å². The first kappa shape index (κ1) is 24.1. The maximum atomic E-state index is 2.34. The summed E-state index contributed by atoms with van der Waals surface area (Å²) in [6.07, 6.45) is 0. The van der Waals surface area contributed by atoms with Crippen molar-refractivity contribution >= 4 is 7.85 Å². The van der Waals surface area contributed by atoms with E-state index in [1.165, 1.54) is 50.1 Å². The third-order valence-corrected chi connectivity index (χ3v) is 6.84. The molecule has 1 heteroatoms. The topological polar surface area (TPSA) is 0 Å². The molecule has 0 spiro atoms. The van der Waals surface area contributed by atoms with Crippen molar-refractivity contribution in [2.24, 2.45) is 0 Å². The van der Waals surface area contributed by atoms with E-state index in [1.807, 2.05) is 0 Å². The van der Waals surface area contributed by atoms with Gasteiger partial charge in [-0.25, -0.2) is 0 Å². The van der Waals surface area contributed by atoms with Gasteiger partial charge in [0, 0.05) is 0 Å². The molecule has 0 amide bonds. The van der Waals surface area contributed by atoms with Gasteiger partial charge in [0.2, 0.25) is 0 Å². The molecule has 0 aliphatic heterocycles. The zero-order valence-corrected chi connectivity index (χ0v) is 21.8. The van der Waals surface area contributed by atoms with Crippen LogP contribution >= 0.6 is 0 Å². The number of benzene rings is 4. The summed E-state index contributed by atoms with van der Waals surface area (Å²) in [5.74, 6) is 1.08.